The Bertz CT molecular complexity index is 213. The van der Waals surface area contributed by atoms with Crippen LogP contribution in [0.4, 0.5) is 0 Å². The Labute approximate surface area is 76.0 Å². The third-order valence-corrected chi connectivity index (χ3v) is 1.27. The maximum absolute atomic E-state index is 11.1. The number of hydrogen-bond acceptors (Lipinski definition) is 4. The van der Waals surface area contributed by atoms with Gasteiger partial charge in [0.15, 0.2) is 5.84 Å². The van der Waals surface area contributed by atoms with Crippen LogP contribution in [0.5, 0.6) is 0 Å². The van der Waals surface area contributed by atoms with Crippen LogP contribution in [0.3, 0.4) is 0 Å². The second kappa shape index (κ2) is 5.99. The Hall–Kier alpha value is -1.59. The summed E-state index contributed by atoms with van der Waals surface area (Å²) in [6, 6.07) is 0. The lowest BCUT2D eigenvalue weighted by molar-refractivity contribution is -0.122. The summed E-state index contributed by atoms with van der Waals surface area (Å²) in [4.78, 5) is 20.9. The minimum Gasteiger partial charge on any atom is -0.409 e. The molecule has 0 saturated carbocycles. The molecule has 0 saturated heterocycles. The molecular weight excluding hydrogens is 174 g/mol. The summed E-state index contributed by atoms with van der Waals surface area (Å²) in [7, 11) is 0. The van der Waals surface area contributed by atoms with Gasteiger partial charge in [-0.2, -0.15) is 0 Å². The van der Waals surface area contributed by atoms with Crippen molar-refractivity contribution in [2.24, 2.45) is 11.1 Å². The number of carbonyl (C=O) groups is 2. The summed E-state index contributed by atoms with van der Waals surface area (Å²) in [5, 5.41) is 15.8. The largest absolute Gasteiger partial charge is 0.409 e. The molecule has 0 aromatic rings. The van der Waals surface area contributed by atoms with Gasteiger partial charge in [-0.15, -0.1) is 0 Å². The van der Waals surface area contributed by atoms with Gasteiger partial charge in [0.1, 0.15) is 0 Å². The number of oxime groups is 1. The molecule has 0 aromatic heterocycles. The molecule has 6 nitrogen and oxygen atoms in total. The fraction of sp³-hybridized carbons (Fsp3) is 0.571. The van der Waals surface area contributed by atoms with Crippen molar-refractivity contribution >= 4 is 18.2 Å². The molecule has 0 spiro atoms. The van der Waals surface area contributed by atoms with Crippen molar-refractivity contribution in [1.29, 1.82) is 0 Å². The Kier molecular flexibility index (Phi) is 5.25. The first-order chi connectivity index (χ1) is 6.11. The molecule has 3 N–H and O–H groups in total. The highest BCUT2D eigenvalue weighted by molar-refractivity contribution is 6.00. The quantitative estimate of drug-likeness (QED) is 0.178. The van der Waals surface area contributed by atoms with Crippen molar-refractivity contribution in [1.82, 2.24) is 10.6 Å². The lowest BCUT2D eigenvalue weighted by atomic mass is 10.2. The van der Waals surface area contributed by atoms with E-state index in [1.54, 1.807) is 13.8 Å². The average molecular weight is 187 g/mol. The molecule has 74 valence electrons. The van der Waals surface area contributed by atoms with Gasteiger partial charge in [0.25, 0.3) is 0 Å². The maximum Gasteiger partial charge on any atom is 0.227 e. The highest BCUT2D eigenvalue weighted by Gasteiger charge is 2.09. The zero-order valence-electron chi connectivity index (χ0n) is 7.57. The average Bonchev–Trinajstić information content (AvgIpc) is 2.11. The van der Waals surface area contributed by atoms with Crippen molar-refractivity contribution in [3.05, 3.63) is 0 Å². The van der Waals surface area contributed by atoms with Gasteiger partial charge in [0, 0.05) is 5.92 Å². The molecule has 0 aliphatic heterocycles. The number of nitrogens with zero attached hydrogens (tertiary/aromatic N) is 1. The normalized spacial score (nSPS) is 11.2. The maximum atomic E-state index is 11.1. The zero-order chi connectivity index (χ0) is 10.3. The zero-order valence-corrected chi connectivity index (χ0v) is 7.57. The first kappa shape index (κ1) is 11.4. The van der Waals surface area contributed by atoms with E-state index < -0.39 is 0 Å². The number of rotatable bonds is 4. The molecule has 0 heterocycles. The summed E-state index contributed by atoms with van der Waals surface area (Å²) in [6.07, 6.45) is 0.451. The third-order valence-electron chi connectivity index (χ3n) is 1.27. The standard InChI is InChI=1S/C7H13N3O3/c1-5(2)7(12)9-6(10-13)3-8-4-11/h4-5,13H,3H2,1-2H3,(H,8,11)(H,9,10,12). The van der Waals surface area contributed by atoms with Crippen LogP contribution in [-0.2, 0) is 9.59 Å². The minimum atomic E-state index is -0.263. The second-order valence-corrected chi connectivity index (χ2v) is 2.69. The SMILES string of the molecule is CC(C)C(=O)N/C(CNC=O)=N\O. The van der Waals surface area contributed by atoms with E-state index in [1.165, 1.54) is 0 Å². The molecule has 0 fully saturated rings. The van der Waals surface area contributed by atoms with E-state index in [0.717, 1.165) is 0 Å². The predicted octanol–water partition coefficient (Wildman–Crippen LogP) is -0.708. The summed E-state index contributed by atoms with van der Waals surface area (Å²) in [5.74, 6) is -0.445. The number of amides is 2. The number of amidine groups is 1. The molecule has 0 aromatic carbocycles. The minimum absolute atomic E-state index is 0.00153. The van der Waals surface area contributed by atoms with E-state index in [9.17, 15) is 9.59 Å². The first-order valence-corrected chi connectivity index (χ1v) is 3.80. The van der Waals surface area contributed by atoms with E-state index in [1.807, 2.05) is 0 Å². The van der Waals surface area contributed by atoms with Crippen LogP contribution in [0.1, 0.15) is 13.8 Å². The van der Waals surface area contributed by atoms with E-state index in [0.29, 0.717) is 6.41 Å². The fourth-order valence-electron chi connectivity index (χ4n) is 0.529. The molecule has 0 rings (SSSR count). The lowest BCUT2D eigenvalue weighted by Crippen LogP contribution is -2.39. The molecule has 0 bridgehead atoms. The third kappa shape index (κ3) is 4.78. The van der Waals surface area contributed by atoms with Crippen LogP contribution in [0.25, 0.3) is 0 Å². The Morgan fingerprint density at radius 2 is 2.23 bits per heavy atom. The van der Waals surface area contributed by atoms with Crippen molar-refractivity contribution in [2.45, 2.75) is 13.8 Å². The molecule has 2 amide bonds. The molecule has 0 unspecified atom stereocenters. The van der Waals surface area contributed by atoms with Crippen LogP contribution >= 0.6 is 0 Å². The molecule has 13 heavy (non-hydrogen) atoms. The van der Waals surface area contributed by atoms with Gasteiger partial charge < -0.3 is 15.8 Å². The fourth-order valence-corrected chi connectivity index (χ4v) is 0.529. The van der Waals surface area contributed by atoms with Crippen LogP contribution in [0, 0.1) is 5.92 Å². The first-order valence-electron chi connectivity index (χ1n) is 3.80. The van der Waals surface area contributed by atoms with E-state index in [2.05, 4.69) is 15.8 Å². The van der Waals surface area contributed by atoms with Gasteiger partial charge in [-0.1, -0.05) is 19.0 Å². The van der Waals surface area contributed by atoms with E-state index >= 15 is 0 Å². The summed E-state index contributed by atoms with van der Waals surface area (Å²) in [5.41, 5.74) is 0. The summed E-state index contributed by atoms with van der Waals surface area (Å²) in [6.45, 7) is 3.41. The van der Waals surface area contributed by atoms with Crippen molar-refractivity contribution in [3.63, 3.8) is 0 Å². The van der Waals surface area contributed by atoms with E-state index in [-0.39, 0.29) is 24.2 Å². The summed E-state index contributed by atoms with van der Waals surface area (Å²) < 4.78 is 0. The van der Waals surface area contributed by atoms with Gasteiger partial charge in [-0.3, -0.25) is 9.59 Å². The van der Waals surface area contributed by atoms with E-state index in [4.69, 9.17) is 5.21 Å². The Morgan fingerprint density at radius 3 is 2.62 bits per heavy atom. The number of carbonyl (C=O) groups excluding carboxylic acids is 2. The van der Waals surface area contributed by atoms with Gasteiger partial charge >= 0.3 is 0 Å². The highest BCUT2D eigenvalue weighted by Crippen LogP contribution is 1.89. The predicted molar refractivity (Wildman–Crippen MR) is 46.3 cm³/mol. The second-order valence-electron chi connectivity index (χ2n) is 2.69. The molecule has 0 aliphatic carbocycles. The van der Waals surface area contributed by atoms with Crippen LogP contribution in [0.15, 0.2) is 5.16 Å². The molecule has 6 heteroatoms. The highest BCUT2D eigenvalue weighted by atomic mass is 16.4. The topological polar surface area (TPSA) is 90.8 Å². The van der Waals surface area contributed by atoms with Gasteiger partial charge in [0.05, 0.1) is 6.54 Å². The van der Waals surface area contributed by atoms with Gasteiger partial charge in [0.2, 0.25) is 12.3 Å². The monoisotopic (exact) mass is 187 g/mol. The molecule has 0 radical (unpaired) electrons. The molecule has 0 atom stereocenters. The van der Waals surface area contributed by atoms with Gasteiger partial charge in [-0.05, 0) is 0 Å². The van der Waals surface area contributed by atoms with Crippen LogP contribution < -0.4 is 10.6 Å². The van der Waals surface area contributed by atoms with Gasteiger partial charge in [-0.25, -0.2) is 0 Å². The molecular formula is C7H13N3O3. The van der Waals surface area contributed by atoms with Crippen LogP contribution in [0.2, 0.25) is 0 Å². The molecule has 0 aliphatic rings. The smallest absolute Gasteiger partial charge is 0.227 e. The van der Waals surface area contributed by atoms with Crippen molar-refractivity contribution < 1.29 is 14.8 Å². The number of hydrogen-bond donors (Lipinski definition) is 3. The summed E-state index contributed by atoms with van der Waals surface area (Å²) >= 11 is 0. The lowest BCUT2D eigenvalue weighted by Gasteiger charge is -2.07. The van der Waals surface area contributed by atoms with Crippen molar-refractivity contribution in [2.75, 3.05) is 6.54 Å². The Balaban J connectivity index is 3.99. The van der Waals surface area contributed by atoms with Crippen molar-refractivity contribution in [3.8, 4) is 0 Å². The number of nitrogens with one attached hydrogen (secondary N) is 2. The Morgan fingerprint density at radius 1 is 1.62 bits per heavy atom. The van der Waals surface area contributed by atoms with Crippen LogP contribution in [-0.4, -0.2) is 29.9 Å².